The Morgan fingerprint density at radius 2 is 2.33 bits per heavy atom. The molecule has 1 aliphatic rings. The van der Waals surface area contributed by atoms with Crippen molar-refractivity contribution >= 4 is 0 Å². The number of ether oxygens (including phenoxy) is 1. The van der Waals surface area contributed by atoms with Crippen molar-refractivity contribution in [1.29, 1.82) is 0 Å². The predicted molar refractivity (Wildman–Crippen MR) is 37.2 cm³/mol. The molecule has 0 aliphatic heterocycles. The zero-order valence-corrected chi connectivity index (χ0v) is 5.97. The largest absolute Gasteiger partial charge is 0.381 e. The molecule has 54 valence electrons. The Morgan fingerprint density at radius 3 is 2.67 bits per heavy atom. The quantitative estimate of drug-likeness (QED) is 0.610. The van der Waals surface area contributed by atoms with Crippen molar-refractivity contribution in [3.05, 3.63) is 0 Å². The SMILES string of the molecule is CCOCC1CCC1N. The van der Waals surface area contributed by atoms with Crippen molar-refractivity contribution in [3.63, 3.8) is 0 Å². The molecule has 1 rings (SSSR count). The lowest BCUT2D eigenvalue weighted by molar-refractivity contribution is 0.0658. The van der Waals surface area contributed by atoms with Gasteiger partial charge in [-0.1, -0.05) is 0 Å². The van der Waals surface area contributed by atoms with Crippen LogP contribution in [0.2, 0.25) is 0 Å². The molecule has 2 heteroatoms. The minimum absolute atomic E-state index is 0.427. The van der Waals surface area contributed by atoms with Crippen LogP contribution in [-0.2, 0) is 4.74 Å². The van der Waals surface area contributed by atoms with E-state index in [9.17, 15) is 0 Å². The summed E-state index contributed by atoms with van der Waals surface area (Å²) < 4.78 is 5.23. The van der Waals surface area contributed by atoms with Gasteiger partial charge in [0, 0.05) is 12.6 Å². The molecule has 0 spiro atoms. The molecule has 0 saturated heterocycles. The second kappa shape index (κ2) is 3.18. The van der Waals surface area contributed by atoms with Gasteiger partial charge in [0.1, 0.15) is 0 Å². The third kappa shape index (κ3) is 1.66. The Bertz CT molecular complexity index is 85.0. The minimum Gasteiger partial charge on any atom is -0.381 e. The Balaban J connectivity index is 1.99. The predicted octanol–water partition coefficient (Wildman–Crippen LogP) is 0.760. The number of nitrogens with two attached hydrogens (primary N) is 1. The van der Waals surface area contributed by atoms with Crippen LogP contribution in [0.15, 0.2) is 0 Å². The molecule has 0 heterocycles. The first-order chi connectivity index (χ1) is 4.34. The normalized spacial score (nSPS) is 34.0. The first-order valence-electron chi connectivity index (χ1n) is 3.68. The van der Waals surface area contributed by atoms with Gasteiger partial charge >= 0.3 is 0 Å². The molecule has 0 aromatic heterocycles. The lowest BCUT2D eigenvalue weighted by Crippen LogP contribution is -2.41. The average molecular weight is 129 g/mol. The molecule has 0 amide bonds. The van der Waals surface area contributed by atoms with Gasteiger partial charge in [0.2, 0.25) is 0 Å². The Kier molecular flexibility index (Phi) is 2.49. The molecule has 1 saturated carbocycles. The summed E-state index contributed by atoms with van der Waals surface area (Å²) in [5, 5.41) is 0. The van der Waals surface area contributed by atoms with Crippen molar-refractivity contribution in [3.8, 4) is 0 Å². The molecular formula is C7H15NO. The number of hydrogen-bond acceptors (Lipinski definition) is 2. The molecule has 0 aromatic carbocycles. The van der Waals surface area contributed by atoms with Gasteiger partial charge < -0.3 is 10.5 Å². The topological polar surface area (TPSA) is 35.2 Å². The molecule has 2 atom stereocenters. The van der Waals surface area contributed by atoms with Gasteiger partial charge in [0.25, 0.3) is 0 Å². The van der Waals surface area contributed by atoms with Gasteiger partial charge in [-0.25, -0.2) is 0 Å². The zero-order valence-electron chi connectivity index (χ0n) is 5.97. The van der Waals surface area contributed by atoms with Crippen molar-refractivity contribution in [2.45, 2.75) is 25.8 Å². The highest BCUT2D eigenvalue weighted by Gasteiger charge is 2.26. The Morgan fingerprint density at radius 1 is 1.56 bits per heavy atom. The first-order valence-corrected chi connectivity index (χ1v) is 3.68. The van der Waals surface area contributed by atoms with Gasteiger partial charge in [-0.05, 0) is 25.7 Å². The number of hydrogen-bond donors (Lipinski definition) is 1. The molecule has 2 N–H and O–H groups in total. The lowest BCUT2D eigenvalue weighted by atomic mass is 9.81. The fourth-order valence-corrected chi connectivity index (χ4v) is 1.07. The minimum atomic E-state index is 0.427. The van der Waals surface area contributed by atoms with Crippen molar-refractivity contribution in [1.82, 2.24) is 0 Å². The van der Waals surface area contributed by atoms with Gasteiger partial charge in [-0.2, -0.15) is 0 Å². The molecule has 1 fully saturated rings. The standard InChI is InChI=1S/C7H15NO/c1-2-9-5-6-3-4-7(6)8/h6-7H,2-5,8H2,1H3. The fourth-order valence-electron chi connectivity index (χ4n) is 1.07. The monoisotopic (exact) mass is 129 g/mol. The van der Waals surface area contributed by atoms with Gasteiger partial charge in [0.15, 0.2) is 0 Å². The van der Waals surface area contributed by atoms with E-state index in [4.69, 9.17) is 10.5 Å². The molecule has 0 aromatic rings. The summed E-state index contributed by atoms with van der Waals surface area (Å²) in [6.07, 6.45) is 2.46. The third-order valence-electron chi connectivity index (χ3n) is 2.01. The van der Waals surface area contributed by atoms with Crippen LogP contribution in [0.4, 0.5) is 0 Å². The van der Waals surface area contributed by atoms with E-state index in [0.29, 0.717) is 12.0 Å². The van der Waals surface area contributed by atoms with E-state index in [1.807, 2.05) is 6.92 Å². The Labute approximate surface area is 56.4 Å². The molecule has 0 radical (unpaired) electrons. The van der Waals surface area contributed by atoms with E-state index in [1.165, 1.54) is 12.8 Å². The highest BCUT2D eigenvalue weighted by Crippen LogP contribution is 2.25. The summed E-state index contributed by atoms with van der Waals surface area (Å²) in [7, 11) is 0. The van der Waals surface area contributed by atoms with E-state index >= 15 is 0 Å². The molecular weight excluding hydrogens is 114 g/mol. The van der Waals surface area contributed by atoms with E-state index in [2.05, 4.69) is 0 Å². The lowest BCUT2D eigenvalue weighted by Gasteiger charge is -2.32. The Hall–Kier alpha value is -0.0800. The summed E-state index contributed by atoms with van der Waals surface area (Å²) in [6.45, 7) is 3.71. The summed E-state index contributed by atoms with van der Waals surface area (Å²) in [6, 6.07) is 0.427. The van der Waals surface area contributed by atoms with Gasteiger partial charge in [0.05, 0.1) is 6.61 Å². The maximum Gasteiger partial charge on any atom is 0.0508 e. The van der Waals surface area contributed by atoms with E-state index < -0.39 is 0 Å². The summed E-state index contributed by atoms with van der Waals surface area (Å²) >= 11 is 0. The fraction of sp³-hybridized carbons (Fsp3) is 1.00. The highest BCUT2D eigenvalue weighted by molar-refractivity contribution is 4.83. The third-order valence-corrected chi connectivity index (χ3v) is 2.01. The second-order valence-corrected chi connectivity index (χ2v) is 2.66. The smallest absolute Gasteiger partial charge is 0.0508 e. The summed E-state index contributed by atoms with van der Waals surface area (Å²) in [5.74, 6) is 0.657. The molecule has 2 nitrogen and oxygen atoms in total. The average Bonchev–Trinajstić information content (AvgIpc) is 1.86. The molecule has 2 unspecified atom stereocenters. The van der Waals surface area contributed by atoms with Crippen LogP contribution in [0.1, 0.15) is 19.8 Å². The second-order valence-electron chi connectivity index (χ2n) is 2.66. The van der Waals surface area contributed by atoms with Crippen molar-refractivity contribution in [2.75, 3.05) is 13.2 Å². The van der Waals surface area contributed by atoms with Crippen LogP contribution in [0, 0.1) is 5.92 Å². The van der Waals surface area contributed by atoms with Crippen molar-refractivity contribution in [2.24, 2.45) is 11.7 Å². The maximum atomic E-state index is 5.68. The van der Waals surface area contributed by atoms with Crippen LogP contribution in [-0.4, -0.2) is 19.3 Å². The maximum absolute atomic E-state index is 5.68. The van der Waals surface area contributed by atoms with E-state index in [-0.39, 0.29) is 0 Å². The van der Waals surface area contributed by atoms with Crippen LogP contribution >= 0.6 is 0 Å². The first kappa shape index (κ1) is 7.03. The molecule has 9 heavy (non-hydrogen) atoms. The highest BCUT2D eigenvalue weighted by atomic mass is 16.5. The zero-order chi connectivity index (χ0) is 6.69. The summed E-state index contributed by atoms with van der Waals surface area (Å²) in [5.41, 5.74) is 5.68. The van der Waals surface area contributed by atoms with E-state index in [1.54, 1.807) is 0 Å². The van der Waals surface area contributed by atoms with Crippen LogP contribution in [0.5, 0.6) is 0 Å². The summed E-state index contributed by atoms with van der Waals surface area (Å²) in [4.78, 5) is 0. The molecule has 0 bridgehead atoms. The number of rotatable bonds is 3. The van der Waals surface area contributed by atoms with Crippen LogP contribution < -0.4 is 5.73 Å². The van der Waals surface area contributed by atoms with Gasteiger partial charge in [-0.3, -0.25) is 0 Å². The van der Waals surface area contributed by atoms with E-state index in [0.717, 1.165) is 13.2 Å². The molecule has 1 aliphatic carbocycles. The van der Waals surface area contributed by atoms with Crippen LogP contribution in [0.3, 0.4) is 0 Å². The van der Waals surface area contributed by atoms with Gasteiger partial charge in [-0.15, -0.1) is 0 Å². The van der Waals surface area contributed by atoms with Crippen molar-refractivity contribution < 1.29 is 4.74 Å². The van der Waals surface area contributed by atoms with Crippen LogP contribution in [0.25, 0.3) is 0 Å².